The molecule has 20 heavy (non-hydrogen) atoms. The third kappa shape index (κ3) is 3.80. The maximum atomic E-state index is 12.5. The number of nitrogens with zero attached hydrogens (tertiary/aromatic N) is 2. The van der Waals surface area contributed by atoms with Crippen LogP contribution < -0.4 is 5.32 Å². The molecule has 1 heterocycles. The summed E-state index contributed by atoms with van der Waals surface area (Å²) < 4.78 is 26.4. The molecule has 2 rings (SSSR count). The molecule has 1 aromatic rings. The lowest BCUT2D eigenvalue weighted by atomic mass is 10.1. The van der Waals surface area contributed by atoms with Gasteiger partial charge in [-0.05, 0) is 25.2 Å². The van der Waals surface area contributed by atoms with Gasteiger partial charge in [-0.15, -0.1) is 0 Å². The fourth-order valence-electron chi connectivity index (χ4n) is 1.91. The van der Waals surface area contributed by atoms with Crippen molar-refractivity contribution in [1.29, 1.82) is 0 Å². The van der Waals surface area contributed by atoms with Crippen molar-refractivity contribution >= 4 is 10.0 Å². The van der Waals surface area contributed by atoms with Gasteiger partial charge in [0.15, 0.2) is 5.03 Å². The molecule has 0 amide bonds. The molecule has 0 aromatic carbocycles. The second-order valence-electron chi connectivity index (χ2n) is 5.89. The SMILES string of the molecule is CC(C)CCN(C)S(=O)(=O)c1[nH]ncc1CNC1CC1. The van der Waals surface area contributed by atoms with Crippen molar-refractivity contribution in [2.45, 2.75) is 50.7 Å². The van der Waals surface area contributed by atoms with Gasteiger partial charge in [0.1, 0.15) is 0 Å². The Balaban J connectivity index is 2.05. The molecule has 1 fully saturated rings. The molecule has 0 radical (unpaired) electrons. The van der Waals surface area contributed by atoms with Crippen LogP contribution in [0.25, 0.3) is 0 Å². The highest BCUT2D eigenvalue weighted by Gasteiger charge is 2.27. The Labute approximate surface area is 121 Å². The first-order valence-electron chi connectivity index (χ1n) is 7.13. The van der Waals surface area contributed by atoms with Crippen molar-refractivity contribution < 1.29 is 8.42 Å². The lowest BCUT2D eigenvalue weighted by molar-refractivity contribution is 0.425. The van der Waals surface area contributed by atoms with Gasteiger partial charge >= 0.3 is 0 Å². The molecule has 0 bridgehead atoms. The van der Waals surface area contributed by atoms with Crippen LogP contribution >= 0.6 is 0 Å². The molecule has 0 spiro atoms. The van der Waals surface area contributed by atoms with E-state index in [0.29, 0.717) is 30.6 Å². The van der Waals surface area contributed by atoms with Crippen molar-refractivity contribution in [3.05, 3.63) is 11.8 Å². The summed E-state index contributed by atoms with van der Waals surface area (Å²) in [7, 11) is -1.85. The van der Waals surface area contributed by atoms with Crippen LogP contribution in [-0.4, -0.2) is 42.6 Å². The molecule has 0 aliphatic heterocycles. The Morgan fingerprint density at radius 2 is 2.20 bits per heavy atom. The minimum absolute atomic E-state index is 0.219. The lowest BCUT2D eigenvalue weighted by Crippen LogP contribution is -2.30. The number of hydrogen-bond donors (Lipinski definition) is 2. The molecule has 1 aliphatic carbocycles. The standard InChI is InChI=1S/C13H24N4O2S/c1-10(2)6-7-17(3)20(18,19)13-11(9-15-16-13)8-14-12-4-5-12/h9-10,12,14H,4-8H2,1-3H3,(H,15,16). The molecule has 1 aliphatic rings. The quantitative estimate of drug-likeness (QED) is 0.759. The largest absolute Gasteiger partial charge is 0.310 e. The maximum Gasteiger partial charge on any atom is 0.260 e. The van der Waals surface area contributed by atoms with E-state index in [9.17, 15) is 8.42 Å². The number of aromatic amines is 1. The summed E-state index contributed by atoms with van der Waals surface area (Å²) in [5.41, 5.74) is 0.716. The Hall–Kier alpha value is -0.920. The Bertz CT molecular complexity index is 534. The first-order chi connectivity index (χ1) is 9.41. The van der Waals surface area contributed by atoms with Crippen LogP contribution in [0.5, 0.6) is 0 Å². The highest BCUT2D eigenvalue weighted by Crippen LogP contribution is 2.21. The minimum Gasteiger partial charge on any atom is -0.310 e. The summed E-state index contributed by atoms with van der Waals surface area (Å²) in [6.07, 6.45) is 4.79. The predicted octanol–water partition coefficient (Wildman–Crippen LogP) is 1.33. The molecule has 114 valence electrons. The van der Waals surface area contributed by atoms with Gasteiger partial charge in [-0.25, -0.2) is 8.42 Å². The Morgan fingerprint density at radius 1 is 1.50 bits per heavy atom. The summed E-state index contributed by atoms with van der Waals surface area (Å²) in [5, 5.41) is 10.1. The first kappa shape index (κ1) is 15.5. The molecule has 2 N–H and O–H groups in total. The van der Waals surface area contributed by atoms with E-state index in [4.69, 9.17) is 0 Å². The molecule has 7 heteroatoms. The van der Waals surface area contributed by atoms with E-state index in [1.165, 1.54) is 17.1 Å². The van der Waals surface area contributed by atoms with Crippen LogP contribution in [0.3, 0.4) is 0 Å². The number of hydrogen-bond acceptors (Lipinski definition) is 4. The lowest BCUT2D eigenvalue weighted by Gasteiger charge is -2.18. The van der Waals surface area contributed by atoms with Crippen molar-refractivity contribution in [2.24, 2.45) is 5.92 Å². The average Bonchev–Trinajstić information content (AvgIpc) is 3.09. The van der Waals surface area contributed by atoms with Crippen LogP contribution in [0, 0.1) is 5.92 Å². The number of aromatic nitrogens is 2. The topological polar surface area (TPSA) is 78.1 Å². The van der Waals surface area contributed by atoms with Crippen molar-refractivity contribution in [1.82, 2.24) is 19.8 Å². The predicted molar refractivity (Wildman–Crippen MR) is 77.7 cm³/mol. The van der Waals surface area contributed by atoms with Gasteiger partial charge in [-0.2, -0.15) is 9.40 Å². The van der Waals surface area contributed by atoms with Crippen molar-refractivity contribution in [2.75, 3.05) is 13.6 Å². The van der Waals surface area contributed by atoms with Gasteiger partial charge in [0.25, 0.3) is 10.0 Å². The summed E-state index contributed by atoms with van der Waals surface area (Å²) in [6.45, 7) is 5.24. The van der Waals surface area contributed by atoms with Crippen molar-refractivity contribution in [3.63, 3.8) is 0 Å². The van der Waals surface area contributed by atoms with Gasteiger partial charge in [0.2, 0.25) is 0 Å². The smallest absolute Gasteiger partial charge is 0.260 e. The third-order valence-corrected chi connectivity index (χ3v) is 5.40. The number of sulfonamides is 1. The van der Waals surface area contributed by atoms with Crippen molar-refractivity contribution in [3.8, 4) is 0 Å². The van der Waals surface area contributed by atoms with E-state index in [2.05, 4.69) is 29.4 Å². The fraction of sp³-hybridized carbons (Fsp3) is 0.769. The van der Waals surface area contributed by atoms with E-state index in [1.54, 1.807) is 13.2 Å². The van der Waals surface area contributed by atoms with E-state index in [1.807, 2.05) is 0 Å². The Kier molecular flexibility index (Phi) is 4.82. The molecule has 0 atom stereocenters. The highest BCUT2D eigenvalue weighted by molar-refractivity contribution is 7.89. The fourth-order valence-corrected chi connectivity index (χ4v) is 3.19. The molecular weight excluding hydrogens is 276 g/mol. The van der Waals surface area contributed by atoms with Gasteiger partial charge < -0.3 is 5.32 Å². The zero-order chi connectivity index (χ0) is 14.8. The third-order valence-electron chi connectivity index (χ3n) is 3.53. The second kappa shape index (κ2) is 6.24. The zero-order valence-corrected chi connectivity index (χ0v) is 13.2. The summed E-state index contributed by atoms with van der Waals surface area (Å²) in [6, 6.07) is 0.541. The van der Waals surface area contributed by atoms with Crippen LogP contribution in [-0.2, 0) is 16.6 Å². The van der Waals surface area contributed by atoms with Crippen LogP contribution in [0.2, 0.25) is 0 Å². The summed E-state index contributed by atoms with van der Waals surface area (Å²) in [5.74, 6) is 0.477. The molecular formula is C13H24N4O2S. The van der Waals surface area contributed by atoms with Gasteiger partial charge in [-0.1, -0.05) is 13.8 Å². The van der Waals surface area contributed by atoms with Crippen LogP contribution in [0.15, 0.2) is 11.2 Å². The molecule has 0 saturated heterocycles. The van der Waals surface area contributed by atoms with E-state index >= 15 is 0 Å². The van der Waals surface area contributed by atoms with E-state index < -0.39 is 10.0 Å². The van der Waals surface area contributed by atoms with Gasteiger partial charge in [-0.3, -0.25) is 5.10 Å². The number of rotatable bonds is 8. The number of H-pyrrole nitrogens is 1. The molecule has 1 saturated carbocycles. The van der Waals surface area contributed by atoms with E-state index in [-0.39, 0.29) is 5.03 Å². The summed E-state index contributed by atoms with van der Waals surface area (Å²) in [4.78, 5) is 0. The molecule has 6 nitrogen and oxygen atoms in total. The number of nitrogens with one attached hydrogen (secondary N) is 2. The normalized spacial score (nSPS) is 16.2. The average molecular weight is 300 g/mol. The van der Waals surface area contributed by atoms with Gasteiger partial charge in [0, 0.05) is 31.7 Å². The van der Waals surface area contributed by atoms with Crippen LogP contribution in [0.4, 0.5) is 0 Å². The highest BCUT2D eigenvalue weighted by atomic mass is 32.2. The molecule has 1 aromatic heterocycles. The zero-order valence-electron chi connectivity index (χ0n) is 12.4. The monoisotopic (exact) mass is 300 g/mol. The Morgan fingerprint density at radius 3 is 2.80 bits per heavy atom. The summed E-state index contributed by atoms with van der Waals surface area (Å²) >= 11 is 0. The van der Waals surface area contributed by atoms with Crippen LogP contribution in [0.1, 0.15) is 38.7 Å². The molecule has 0 unspecified atom stereocenters. The second-order valence-corrected chi connectivity index (χ2v) is 7.87. The van der Waals surface area contributed by atoms with Gasteiger partial charge in [0.05, 0.1) is 6.20 Å². The first-order valence-corrected chi connectivity index (χ1v) is 8.57. The maximum absolute atomic E-state index is 12.5. The van der Waals surface area contributed by atoms with E-state index in [0.717, 1.165) is 6.42 Å². The minimum atomic E-state index is -3.47.